The van der Waals surface area contributed by atoms with Crippen molar-refractivity contribution in [3.8, 4) is 0 Å². The number of nitrogens with zero attached hydrogens (tertiary/aromatic N) is 1. The van der Waals surface area contributed by atoms with E-state index in [1.165, 1.54) is 24.4 Å². The van der Waals surface area contributed by atoms with Crippen LogP contribution in [-0.4, -0.2) is 10.8 Å². The van der Waals surface area contributed by atoms with Crippen LogP contribution in [0.4, 0.5) is 10.1 Å². The predicted octanol–water partition coefficient (Wildman–Crippen LogP) is 2.80. The van der Waals surface area contributed by atoms with Crippen molar-refractivity contribution >= 4 is 27.4 Å². The molecule has 0 aliphatic rings. The Morgan fingerprint density at radius 3 is 2.71 bits per heavy atom. The largest absolute Gasteiger partial charge is 0.397 e. The molecule has 2 N–H and O–H groups in total. The van der Waals surface area contributed by atoms with Crippen LogP contribution in [0.5, 0.6) is 0 Å². The summed E-state index contributed by atoms with van der Waals surface area (Å²) in [6.07, 6.45) is 1.36. The number of benzene rings is 1. The Hall–Kier alpha value is -1.75. The maximum Gasteiger partial charge on any atom is 0.214 e. The van der Waals surface area contributed by atoms with Crippen LogP contribution in [0.25, 0.3) is 0 Å². The van der Waals surface area contributed by atoms with E-state index in [1.54, 1.807) is 12.1 Å². The summed E-state index contributed by atoms with van der Waals surface area (Å²) in [6, 6.07) is 7.56. The number of carbonyl (C=O) groups is 1. The fourth-order valence-electron chi connectivity index (χ4n) is 1.36. The van der Waals surface area contributed by atoms with E-state index in [1.807, 2.05) is 0 Å². The molecule has 1 aromatic carbocycles. The van der Waals surface area contributed by atoms with E-state index in [0.29, 0.717) is 5.69 Å². The van der Waals surface area contributed by atoms with Crippen LogP contribution in [0.1, 0.15) is 16.1 Å². The lowest BCUT2D eigenvalue weighted by Crippen LogP contribution is -2.07. The smallest absolute Gasteiger partial charge is 0.214 e. The van der Waals surface area contributed by atoms with Gasteiger partial charge < -0.3 is 5.73 Å². The third-order valence-corrected chi connectivity index (χ3v) is 2.83. The number of halogens is 2. The zero-order valence-corrected chi connectivity index (χ0v) is 10.2. The number of hydrogen-bond donors (Lipinski definition) is 1. The maximum absolute atomic E-state index is 13.7. The van der Waals surface area contributed by atoms with Gasteiger partial charge in [-0.3, -0.25) is 9.78 Å². The van der Waals surface area contributed by atoms with E-state index in [2.05, 4.69) is 20.9 Å². The normalized spacial score (nSPS) is 10.2. The van der Waals surface area contributed by atoms with Crippen molar-refractivity contribution in [2.75, 3.05) is 5.73 Å². The van der Waals surface area contributed by atoms with Gasteiger partial charge in [-0.1, -0.05) is 6.07 Å². The first-order valence-electron chi connectivity index (χ1n) is 4.80. The second-order valence-corrected chi connectivity index (χ2v) is 4.26. The van der Waals surface area contributed by atoms with Crippen molar-refractivity contribution in [3.05, 3.63) is 58.1 Å². The molecule has 1 aromatic heterocycles. The minimum atomic E-state index is -0.587. The molecular formula is C12H8BrFN2O. The third kappa shape index (κ3) is 2.34. The number of hydrogen-bond acceptors (Lipinski definition) is 3. The van der Waals surface area contributed by atoms with Crippen LogP contribution < -0.4 is 5.73 Å². The summed E-state index contributed by atoms with van der Waals surface area (Å²) >= 11 is 3.03. The molecule has 0 amide bonds. The van der Waals surface area contributed by atoms with E-state index >= 15 is 0 Å². The third-order valence-electron chi connectivity index (χ3n) is 2.22. The number of anilines is 1. The second kappa shape index (κ2) is 4.63. The van der Waals surface area contributed by atoms with Crippen LogP contribution in [0, 0.1) is 5.82 Å². The lowest BCUT2D eigenvalue weighted by Gasteiger charge is -2.03. The van der Waals surface area contributed by atoms with Gasteiger partial charge in [0.15, 0.2) is 0 Å². The Bertz CT molecular complexity index is 569. The number of ketones is 1. The van der Waals surface area contributed by atoms with E-state index in [0.717, 1.165) is 0 Å². The molecule has 3 nitrogen and oxygen atoms in total. The Morgan fingerprint density at radius 2 is 2.06 bits per heavy atom. The second-order valence-electron chi connectivity index (χ2n) is 3.41. The zero-order chi connectivity index (χ0) is 12.4. The van der Waals surface area contributed by atoms with Gasteiger partial charge in [0, 0.05) is 0 Å². The first-order chi connectivity index (χ1) is 8.09. The SMILES string of the molecule is Nc1ccc(C(=O)c2cccc(Br)c2F)nc1. The number of nitrogen functional groups attached to an aromatic ring is 1. The summed E-state index contributed by atoms with van der Waals surface area (Å²) in [5.41, 5.74) is 6.07. The van der Waals surface area contributed by atoms with Gasteiger partial charge in [0.2, 0.25) is 5.78 Å². The first kappa shape index (κ1) is 11.7. The van der Waals surface area contributed by atoms with E-state index in [4.69, 9.17) is 5.73 Å². The van der Waals surface area contributed by atoms with Gasteiger partial charge in [0.25, 0.3) is 0 Å². The van der Waals surface area contributed by atoms with Gasteiger partial charge in [0.1, 0.15) is 11.5 Å². The van der Waals surface area contributed by atoms with E-state index < -0.39 is 11.6 Å². The van der Waals surface area contributed by atoms with Gasteiger partial charge in [0.05, 0.1) is 21.9 Å². The molecule has 5 heteroatoms. The fourth-order valence-corrected chi connectivity index (χ4v) is 1.72. The molecule has 2 rings (SSSR count). The molecule has 17 heavy (non-hydrogen) atoms. The molecule has 0 radical (unpaired) electrons. The average molecular weight is 295 g/mol. The highest BCUT2D eigenvalue weighted by Crippen LogP contribution is 2.20. The van der Waals surface area contributed by atoms with Crippen LogP contribution in [-0.2, 0) is 0 Å². The average Bonchev–Trinajstić information content (AvgIpc) is 2.33. The highest BCUT2D eigenvalue weighted by Gasteiger charge is 2.16. The van der Waals surface area contributed by atoms with Crippen molar-refractivity contribution in [3.63, 3.8) is 0 Å². The van der Waals surface area contributed by atoms with E-state index in [9.17, 15) is 9.18 Å². The van der Waals surface area contributed by atoms with Crippen molar-refractivity contribution in [2.24, 2.45) is 0 Å². The van der Waals surface area contributed by atoms with Crippen molar-refractivity contribution in [2.45, 2.75) is 0 Å². The lowest BCUT2D eigenvalue weighted by molar-refractivity contribution is 0.103. The fraction of sp³-hybridized carbons (Fsp3) is 0. The molecule has 0 aliphatic carbocycles. The highest BCUT2D eigenvalue weighted by molar-refractivity contribution is 9.10. The standard InChI is InChI=1S/C12H8BrFN2O/c13-9-3-1-2-8(11(9)14)12(17)10-5-4-7(15)6-16-10/h1-6H,15H2. The number of rotatable bonds is 2. The van der Waals surface area contributed by atoms with Gasteiger partial charge in [-0.15, -0.1) is 0 Å². The minimum Gasteiger partial charge on any atom is -0.397 e. The molecule has 86 valence electrons. The van der Waals surface area contributed by atoms with Gasteiger partial charge in [-0.05, 0) is 40.2 Å². The summed E-state index contributed by atoms with van der Waals surface area (Å²) in [5.74, 6) is -1.06. The molecule has 1 heterocycles. The quantitative estimate of drug-likeness (QED) is 0.867. The first-order valence-corrected chi connectivity index (χ1v) is 5.59. The predicted molar refractivity (Wildman–Crippen MR) is 66.2 cm³/mol. The number of pyridine rings is 1. The van der Waals surface area contributed by atoms with E-state index in [-0.39, 0.29) is 15.7 Å². The molecule has 0 saturated heterocycles. The van der Waals surface area contributed by atoms with Crippen LogP contribution in [0.2, 0.25) is 0 Å². The number of nitrogens with two attached hydrogens (primary N) is 1. The van der Waals surface area contributed by atoms with Gasteiger partial charge in [-0.2, -0.15) is 0 Å². The summed E-state index contributed by atoms with van der Waals surface area (Å²) in [5, 5.41) is 0. The number of aromatic nitrogens is 1. The molecular weight excluding hydrogens is 287 g/mol. The summed E-state index contributed by atoms with van der Waals surface area (Å²) < 4.78 is 13.9. The molecule has 0 aliphatic heterocycles. The van der Waals surface area contributed by atoms with Crippen molar-refractivity contribution in [1.82, 2.24) is 4.98 Å². The zero-order valence-electron chi connectivity index (χ0n) is 8.65. The molecule has 0 fully saturated rings. The summed E-state index contributed by atoms with van der Waals surface area (Å²) in [7, 11) is 0. The molecule has 0 unspecified atom stereocenters. The molecule has 2 aromatic rings. The molecule has 0 bridgehead atoms. The lowest BCUT2D eigenvalue weighted by atomic mass is 10.1. The Kier molecular flexibility index (Phi) is 3.19. The van der Waals surface area contributed by atoms with Gasteiger partial charge >= 0.3 is 0 Å². The maximum atomic E-state index is 13.7. The monoisotopic (exact) mass is 294 g/mol. The topological polar surface area (TPSA) is 56.0 Å². The van der Waals surface area contributed by atoms with Crippen LogP contribution >= 0.6 is 15.9 Å². The minimum absolute atomic E-state index is 0.0170. The Balaban J connectivity index is 2.44. The molecule has 0 atom stereocenters. The number of carbonyl (C=O) groups excluding carboxylic acids is 1. The van der Waals surface area contributed by atoms with Crippen LogP contribution in [0.15, 0.2) is 41.0 Å². The summed E-state index contributed by atoms with van der Waals surface area (Å²) in [6.45, 7) is 0. The Labute approximate surface area is 106 Å². The van der Waals surface area contributed by atoms with Crippen LogP contribution in [0.3, 0.4) is 0 Å². The van der Waals surface area contributed by atoms with Crippen molar-refractivity contribution < 1.29 is 9.18 Å². The molecule has 0 spiro atoms. The van der Waals surface area contributed by atoms with Gasteiger partial charge in [-0.25, -0.2) is 4.39 Å². The highest BCUT2D eigenvalue weighted by atomic mass is 79.9. The van der Waals surface area contributed by atoms with Crippen molar-refractivity contribution in [1.29, 1.82) is 0 Å². The summed E-state index contributed by atoms with van der Waals surface area (Å²) in [4.78, 5) is 15.8. The molecule has 0 saturated carbocycles. The Morgan fingerprint density at radius 1 is 1.29 bits per heavy atom.